The highest BCUT2D eigenvalue weighted by Gasteiger charge is 2.17. The Morgan fingerprint density at radius 3 is 2.81 bits per heavy atom. The number of fused-ring (bicyclic) bond motifs is 1. The van der Waals surface area contributed by atoms with Crippen molar-refractivity contribution in [1.29, 1.82) is 0 Å². The van der Waals surface area contributed by atoms with E-state index in [1.165, 1.54) is 22.2 Å². The predicted molar refractivity (Wildman–Crippen MR) is 89.7 cm³/mol. The van der Waals surface area contributed by atoms with Crippen LogP contribution in [0.25, 0.3) is 10.9 Å². The van der Waals surface area contributed by atoms with Crippen molar-refractivity contribution in [2.24, 2.45) is 0 Å². The molecule has 0 saturated carbocycles. The van der Waals surface area contributed by atoms with Crippen LogP contribution >= 0.6 is 11.3 Å². The smallest absolute Gasteiger partial charge is 0.107 e. The molecule has 0 unspecified atom stereocenters. The fraction of sp³-hybridized carbons (Fsp3) is 0.353. The first kappa shape index (κ1) is 14.3. The maximum absolute atomic E-state index is 4.71. The molecule has 0 aliphatic rings. The molecule has 1 aromatic carbocycles. The van der Waals surface area contributed by atoms with Crippen LogP contribution in [0.4, 0.5) is 0 Å². The molecule has 0 saturated heterocycles. The number of aromatic amines is 1. The highest BCUT2D eigenvalue weighted by molar-refractivity contribution is 7.09. The molecule has 21 heavy (non-hydrogen) atoms. The molecule has 0 aliphatic heterocycles. The first-order valence-electron chi connectivity index (χ1n) is 7.24. The van der Waals surface area contributed by atoms with E-state index in [1.54, 1.807) is 11.3 Å². The zero-order valence-electron chi connectivity index (χ0n) is 12.7. The van der Waals surface area contributed by atoms with Gasteiger partial charge >= 0.3 is 0 Å². The first-order valence-corrected chi connectivity index (χ1v) is 8.12. The topological polar surface area (TPSA) is 40.7 Å². The molecule has 110 valence electrons. The van der Waals surface area contributed by atoms with Crippen molar-refractivity contribution in [2.45, 2.75) is 39.3 Å². The van der Waals surface area contributed by atoms with Gasteiger partial charge in [0.15, 0.2) is 0 Å². The van der Waals surface area contributed by atoms with Gasteiger partial charge in [0.2, 0.25) is 0 Å². The van der Waals surface area contributed by atoms with Gasteiger partial charge in [-0.25, -0.2) is 4.98 Å². The summed E-state index contributed by atoms with van der Waals surface area (Å²) in [5.74, 6) is 0. The lowest BCUT2D eigenvalue weighted by Gasteiger charge is -2.14. The number of nitrogens with one attached hydrogen (secondary N) is 2. The molecular formula is C17H21N3S. The third-order valence-electron chi connectivity index (χ3n) is 3.60. The van der Waals surface area contributed by atoms with Gasteiger partial charge in [-0.05, 0) is 17.7 Å². The molecule has 0 amide bonds. The molecule has 0 atom stereocenters. The second-order valence-corrected chi connectivity index (χ2v) is 7.28. The van der Waals surface area contributed by atoms with Gasteiger partial charge in [0, 0.05) is 41.0 Å². The number of hydrogen-bond acceptors (Lipinski definition) is 3. The second-order valence-electron chi connectivity index (χ2n) is 6.34. The van der Waals surface area contributed by atoms with Crippen molar-refractivity contribution in [3.05, 3.63) is 52.1 Å². The van der Waals surface area contributed by atoms with Gasteiger partial charge < -0.3 is 10.3 Å². The third-order valence-corrected chi connectivity index (χ3v) is 4.45. The summed E-state index contributed by atoms with van der Waals surface area (Å²) in [7, 11) is 0. The highest BCUT2D eigenvalue weighted by atomic mass is 32.1. The summed E-state index contributed by atoms with van der Waals surface area (Å²) in [5, 5.41) is 8.11. The Balaban J connectivity index is 1.64. The van der Waals surface area contributed by atoms with Gasteiger partial charge in [-0.3, -0.25) is 0 Å². The molecule has 0 bridgehead atoms. The van der Waals surface area contributed by atoms with E-state index < -0.39 is 0 Å². The number of nitrogens with zero attached hydrogens (tertiary/aromatic N) is 1. The maximum atomic E-state index is 4.71. The summed E-state index contributed by atoms with van der Waals surface area (Å²) in [4.78, 5) is 7.96. The largest absolute Gasteiger partial charge is 0.361 e. The van der Waals surface area contributed by atoms with Crippen molar-refractivity contribution in [3.63, 3.8) is 0 Å². The van der Waals surface area contributed by atoms with Crippen LogP contribution < -0.4 is 5.32 Å². The standard InChI is InChI=1S/C17H21N3S/c1-17(2,3)15-11-21-16(20-15)10-18-9-12-5-4-6-14-13(12)7-8-19-14/h4-8,11,18-19H,9-10H2,1-3H3. The number of benzene rings is 1. The number of hydrogen-bond donors (Lipinski definition) is 2. The molecule has 4 heteroatoms. The van der Waals surface area contributed by atoms with Gasteiger partial charge in [0.05, 0.1) is 5.69 Å². The fourth-order valence-corrected chi connectivity index (χ4v) is 3.34. The Morgan fingerprint density at radius 1 is 1.19 bits per heavy atom. The summed E-state index contributed by atoms with van der Waals surface area (Å²) in [5.41, 5.74) is 3.82. The normalized spacial score (nSPS) is 12.1. The molecule has 0 fully saturated rings. The fourth-order valence-electron chi connectivity index (χ4n) is 2.35. The average Bonchev–Trinajstić information content (AvgIpc) is 3.06. The van der Waals surface area contributed by atoms with E-state index >= 15 is 0 Å². The lowest BCUT2D eigenvalue weighted by Crippen LogP contribution is -2.14. The second kappa shape index (κ2) is 5.62. The number of rotatable bonds is 4. The quantitative estimate of drug-likeness (QED) is 0.757. The Labute approximate surface area is 129 Å². The van der Waals surface area contributed by atoms with Crippen molar-refractivity contribution in [1.82, 2.24) is 15.3 Å². The summed E-state index contributed by atoms with van der Waals surface area (Å²) in [6.45, 7) is 8.28. The zero-order chi connectivity index (χ0) is 14.9. The van der Waals surface area contributed by atoms with Crippen molar-refractivity contribution in [2.75, 3.05) is 0 Å². The van der Waals surface area contributed by atoms with Crippen molar-refractivity contribution in [3.8, 4) is 0 Å². The lowest BCUT2D eigenvalue weighted by molar-refractivity contribution is 0.568. The Hall–Kier alpha value is -1.65. The van der Waals surface area contributed by atoms with E-state index in [9.17, 15) is 0 Å². The minimum absolute atomic E-state index is 0.130. The molecule has 3 aromatic rings. The minimum Gasteiger partial charge on any atom is -0.361 e. The number of H-pyrrole nitrogens is 1. The Kier molecular flexibility index (Phi) is 3.83. The molecule has 2 N–H and O–H groups in total. The van der Waals surface area contributed by atoms with E-state index in [0.29, 0.717) is 0 Å². The number of aromatic nitrogens is 2. The zero-order valence-corrected chi connectivity index (χ0v) is 13.6. The van der Waals surface area contributed by atoms with Crippen molar-refractivity contribution >= 4 is 22.2 Å². The van der Waals surface area contributed by atoms with E-state index in [-0.39, 0.29) is 5.41 Å². The molecule has 0 aliphatic carbocycles. The van der Waals surface area contributed by atoms with Gasteiger partial charge in [-0.2, -0.15) is 0 Å². The van der Waals surface area contributed by atoms with Gasteiger partial charge in [-0.1, -0.05) is 32.9 Å². The highest BCUT2D eigenvalue weighted by Crippen LogP contribution is 2.24. The van der Waals surface area contributed by atoms with Crippen molar-refractivity contribution < 1.29 is 0 Å². The average molecular weight is 299 g/mol. The third kappa shape index (κ3) is 3.17. The SMILES string of the molecule is CC(C)(C)c1csc(CNCc2cccc3[nH]ccc23)n1. The number of thiazole rings is 1. The maximum Gasteiger partial charge on any atom is 0.107 e. The van der Waals surface area contributed by atoms with Gasteiger partial charge in [-0.15, -0.1) is 11.3 Å². The van der Waals surface area contributed by atoms with Crippen LogP contribution in [0.5, 0.6) is 0 Å². The summed E-state index contributed by atoms with van der Waals surface area (Å²) in [6.07, 6.45) is 1.99. The van der Waals surface area contributed by atoms with Crippen LogP contribution in [0, 0.1) is 0 Å². The Bertz CT molecular complexity index is 734. The molecule has 3 rings (SSSR count). The first-order chi connectivity index (χ1) is 10.0. The van der Waals surface area contributed by atoms with Gasteiger partial charge in [0.1, 0.15) is 5.01 Å². The monoisotopic (exact) mass is 299 g/mol. The van der Waals surface area contributed by atoms with Crippen LogP contribution in [0.15, 0.2) is 35.8 Å². The summed E-state index contributed by atoms with van der Waals surface area (Å²) in [6, 6.07) is 8.51. The minimum atomic E-state index is 0.130. The molecule has 2 heterocycles. The summed E-state index contributed by atoms with van der Waals surface area (Å²) >= 11 is 1.74. The van der Waals surface area contributed by atoms with E-state index in [2.05, 4.69) is 60.7 Å². The lowest BCUT2D eigenvalue weighted by atomic mass is 9.93. The Morgan fingerprint density at radius 2 is 2.05 bits per heavy atom. The van der Waals surface area contributed by atoms with Crippen LogP contribution in [0.2, 0.25) is 0 Å². The molecule has 3 nitrogen and oxygen atoms in total. The van der Waals surface area contributed by atoms with Crippen LogP contribution in [0.3, 0.4) is 0 Å². The van der Waals surface area contributed by atoms with E-state index in [1.807, 2.05) is 6.20 Å². The molecular weight excluding hydrogens is 278 g/mol. The van der Waals surface area contributed by atoms with Crippen LogP contribution in [-0.2, 0) is 18.5 Å². The molecule has 2 aromatic heterocycles. The van der Waals surface area contributed by atoms with E-state index in [0.717, 1.165) is 18.1 Å². The van der Waals surface area contributed by atoms with E-state index in [4.69, 9.17) is 4.98 Å². The van der Waals surface area contributed by atoms with Crippen LogP contribution in [0.1, 0.15) is 37.0 Å². The predicted octanol–water partition coefficient (Wildman–Crippen LogP) is 4.21. The molecule has 0 radical (unpaired) electrons. The summed E-state index contributed by atoms with van der Waals surface area (Å²) < 4.78 is 0. The van der Waals surface area contributed by atoms with Crippen LogP contribution in [-0.4, -0.2) is 9.97 Å². The van der Waals surface area contributed by atoms with Gasteiger partial charge in [0.25, 0.3) is 0 Å². The molecule has 0 spiro atoms.